The van der Waals surface area contributed by atoms with E-state index in [1.54, 1.807) is 27.4 Å². The van der Waals surface area contributed by atoms with Crippen molar-refractivity contribution in [3.63, 3.8) is 0 Å². The molecule has 2 rings (SSSR count). The molecule has 2 aromatic rings. The highest BCUT2D eigenvalue weighted by atomic mass is 16.5. The Morgan fingerprint density at radius 2 is 1.63 bits per heavy atom. The highest BCUT2D eigenvalue weighted by molar-refractivity contribution is 5.71. The van der Waals surface area contributed by atoms with Gasteiger partial charge < -0.3 is 14.2 Å². The lowest BCUT2D eigenvalue weighted by Crippen LogP contribution is -1.98. The van der Waals surface area contributed by atoms with Gasteiger partial charge in [-0.3, -0.25) is 0 Å². The van der Waals surface area contributed by atoms with Gasteiger partial charge in [-0.05, 0) is 25.1 Å². The molecule has 0 unspecified atom stereocenters. The maximum absolute atomic E-state index is 5.33. The van der Waals surface area contributed by atoms with Crippen molar-refractivity contribution in [2.75, 3.05) is 21.3 Å². The van der Waals surface area contributed by atoms with E-state index in [4.69, 9.17) is 14.2 Å². The topological polar surface area (TPSA) is 53.5 Å². The van der Waals surface area contributed by atoms with E-state index in [-0.39, 0.29) is 0 Å². The lowest BCUT2D eigenvalue weighted by atomic mass is 10.1. The summed E-state index contributed by atoms with van der Waals surface area (Å²) in [5.41, 5.74) is 2.37. The number of pyridine rings is 2. The van der Waals surface area contributed by atoms with Crippen molar-refractivity contribution in [2.45, 2.75) is 6.92 Å². The Hall–Kier alpha value is -2.30. The summed E-state index contributed by atoms with van der Waals surface area (Å²) >= 11 is 0. The highest BCUT2D eigenvalue weighted by Crippen LogP contribution is 2.34. The van der Waals surface area contributed by atoms with Crippen LogP contribution in [0.4, 0.5) is 0 Å². The van der Waals surface area contributed by atoms with E-state index in [1.807, 2.05) is 25.1 Å². The summed E-state index contributed by atoms with van der Waals surface area (Å²) in [4.78, 5) is 8.74. The molecule has 0 fully saturated rings. The van der Waals surface area contributed by atoms with Crippen molar-refractivity contribution in [1.82, 2.24) is 9.97 Å². The fourth-order valence-electron chi connectivity index (χ4n) is 1.77. The molecule has 100 valence electrons. The third-order valence-corrected chi connectivity index (χ3v) is 2.71. The van der Waals surface area contributed by atoms with Gasteiger partial charge in [0.05, 0.1) is 26.9 Å². The lowest BCUT2D eigenvalue weighted by molar-refractivity contribution is 0.365. The zero-order chi connectivity index (χ0) is 13.8. The Kier molecular flexibility index (Phi) is 3.85. The van der Waals surface area contributed by atoms with E-state index in [1.165, 1.54) is 0 Å². The Morgan fingerprint density at radius 3 is 2.26 bits per heavy atom. The van der Waals surface area contributed by atoms with E-state index >= 15 is 0 Å². The zero-order valence-corrected chi connectivity index (χ0v) is 11.4. The fraction of sp³-hybridized carbons (Fsp3) is 0.286. The lowest BCUT2D eigenvalue weighted by Gasteiger charge is -2.12. The van der Waals surface area contributed by atoms with Gasteiger partial charge in [-0.15, -0.1) is 0 Å². The predicted octanol–water partition coefficient (Wildman–Crippen LogP) is 2.48. The molecule has 19 heavy (non-hydrogen) atoms. The first-order valence-corrected chi connectivity index (χ1v) is 5.80. The van der Waals surface area contributed by atoms with Crippen LogP contribution in [0.3, 0.4) is 0 Å². The second-order valence-electron chi connectivity index (χ2n) is 3.91. The maximum Gasteiger partial charge on any atom is 0.226 e. The van der Waals surface area contributed by atoms with Gasteiger partial charge >= 0.3 is 0 Å². The van der Waals surface area contributed by atoms with Crippen LogP contribution in [0.15, 0.2) is 24.3 Å². The first-order chi connectivity index (χ1) is 9.19. The minimum absolute atomic E-state index is 0.454. The Bertz CT molecular complexity index is 585. The summed E-state index contributed by atoms with van der Waals surface area (Å²) in [6, 6.07) is 7.39. The molecule has 5 nitrogen and oxygen atoms in total. The van der Waals surface area contributed by atoms with Crippen LogP contribution in [-0.2, 0) is 0 Å². The number of ether oxygens (including phenoxy) is 3. The number of methoxy groups -OCH3 is 3. The predicted molar refractivity (Wildman–Crippen MR) is 71.9 cm³/mol. The van der Waals surface area contributed by atoms with Crippen LogP contribution in [0.2, 0.25) is 0 Å². The summed E-state index contributed by atoms with van der Waals surface area (Å²) in [5, 5.41) is 0. The molecule has 2 aromatic heterocycles. The van der Waals surface area contributed by atoms with Crippen molar-refractivity contribution in [3.05, 3.63) is 30.0 Å². The average Bonchev–Trinajstić information content (AvgIpc) is 2.46. The molecule has 0 bridgehead atoms. The first kappa shape index (κ1) is 13.1. The molecule has 0 amide bonds. The van der Waals surface area contributed by atoms with Crippen LogP contribution in [0.5, 0.6) is 17.5 Å². The molecule has 0 saturated carbocycles. The zero-order valence-electron chi connectivity index (χ0n) is 11.4. The Morgan fingerprint density at radius 1 is 0.842 bits per heavy atom. The van der Waals surface area contributed by atoms with Gasteiger partial charge in [-0.25, -0.2) is 4.98 Å². The number of nitrogens with zero attached hydrogens (tertiary/aromatic N) is 2. The summed E-state index contributed by atoms with van der Waals surface area (Å²) in [6.45, 7) is 1.92. The van der Waals surface area contributed by atoms with Crippen molar-refractivity contribution < 1.29 is 14.2 Å². The smallest absolute Gasteiger partial charge is 0.226 e. The van der Waals surface area contributed by atoms with Crippen LogP contribution in [0.1, 0.15) is 5.69 Å². The molecule has 0 saturated heterocycles. The third-order valence-electron chi connectivity index (χ3n) is 2.71. The van der Waals surface area contributed by atoms with E-state index in [2.05, 4.69) is 9.97 Å². The number of hydrogen-bond acceptors (Lipinski definition) is 5. The molecule has 0 radical (unpaired) electrons. The molecule has 5 heteroatoms. The highest BCUT2D eigenvalue weighted by Gasteiger charge is 2.15. The van der Waals surface area contributed by atoms with E-state index < -0.39 is 0 Å². The van der Waals surface area contributed by atoms with Gasteiger partial charge in [0.25, 0.3) is 0 Å². The average molecular weight is 260 g/mol. The molecule has 0 aromatic carbocycles. The maximum atomic E-state index is 5.33. The molecule has 0 N–H and O–H groups in total. The second kappa shape index (κ2) is 5.56. The van der Waals surface area contributed by atoms with Crippen LogP contribution in [-0.4, -0.2) is 31.3 Å². The standard InChI is InChI=1S/C14H16N2O3/c1-9-5-7-11(17-2)13(15-9)10-6-8-12(18-3)16-14(10)19-4/h5-8H,1-4H3. The van der Waals surface area contributed by atoms with Crippen LogP contribution in [0.25, 0.3) is 11.3 Å². The fourth-order valence-corrected chi connectivity index (χ4v) is 1.77. The van der Waals surface area contributed by atoms with E-state index in [0.29, 0.717) is 23.2 Å². The monoisotopic (exact) mass is 260 g/mol. The molecular formula is C14H16N2O3. The molecular weight excluding hydrogens is 244 g/mol. The summed E-state index contributed by atoms with van der Waals surface area (Å²) in [7, 11) is 4.74. The van der Waals surface area contributed by atoms with Crippen molar-refractivity contribution in [3.8, 4) is 28.8 Å². The Labute approximate surface area is 112 Å². The molecule has 0 atom stereocenters. The largest absolute Gasteiger partial charge is 0.494 e. The number of aryl methyl sites for hydroxylation is 1. The SMILES string of the molecule is COc1ccc(-c2nc(C)ccc2OC)c(OC)n1. The van der Waals surface area contributed by atoms with Crippen molar-refractivity contribution in [1.29, 1.82) is 0 Å². The van der Waals surface area contributed by atoms with Gasteiger partial charge in [-0.2, -0.15) is 4.98 Å². The quantitative estimate of drug-likeness (QED) is 0.845. The Balaban J connectivity index is 2.60. The summed E-state index contributed by atoms with van der Waals surface area (Å²) < 4.78 is 15.7. The van der Waals surface area contributed by atoms with Crippen molar-refractivity contribution in [2.24, 2.45) is 0 Å². The first-order valence-electron chi connectivity index (χ1n) is 5.80. The van der Waals surface area contributed by atoms with Crippen LogP contribution < -0.4 is 14.2 Å². The van der Waals surface area contributed by atoms with Gasteiger partial charge in [0.2, 0.25) is 11.8 Å². The number of aromatic nitrogens is 2. The van der Waals surface area contributed by atoms with Crippen LogP contribution >= 0.6 is 0 Å². The molecule has 0 aliphatic heterocycles. The van der Waals surface area contributed by atoms with Crippen molar-refractivity contribution >= 4 is 0 Å². The molecule has 0 spiro atoms. The number of hydrogen-bond donors (Lipinski definition) is 0. The molecule has 2 heterocycles. The van der Waals surface area contributed by atoms with E-state index in [0.717, 1.165) is 11.3 Å². The normalized spacial score (nSPS) is 10.1. The van der Waals surface area contributed by atoms with Gasteiger partial charge in [0.1, 0.15) is 11.4 Å². The van der Waals surface area contributed by atoms with E-state index in [9.17, 15) is 0 Å². The third kappa shape index (κ3) is 2.59. The minimum atomic E-state index is 0.454. The number of rotatable bonds is 4. The summed E-state index contributed by atoms with van der Waals surface area (Å²) in [6.07, 6.45) is 0. The van der Waals surface area contributed by atoms with Gasteiger partial charge in [0.15, 0.2) is 0 Å². The second-order valence-corrected chi connectivity index (χ2v) is 3.91. The molecule has 0 aliphatic carbocycles. The van der Waals surface area contributed by atoms with Gasteiger partial charge in [0, 0.05) is 11.8 Å². The van der Waals surface area contributed by atoms with Crippen LogP contribution in [0, 0.1) is 6.92 Å². The molecule has 0 aliphatic rings. The van der Waals surface area contributed by atoms with Gasteiger partial charge in [-0.1, -0.05) is 0 Å². The minimum Gasteiger partial charge on any atom is -0.494 e. The summed E-state index contributed by atoms with van der Waals surface area (Å²) in [5.74, 6) is 1.62.